The molecule has 0 aromatic heterocycles. The number of anilines is 1. The summed E-state index contributed by atoms with van der Waals surface area (Å²) in [7, 11) is 1.34. The maximum absolute atomic E-state index is 13.3. The molecule has 37 heavy (non-hydrogen) atoms. The first-order valence-corrected chi connectivity index (χ1v) is 13.0. The lowest BCUT2D eigenvalue weighted by molar-refractivity contribution is -0.156. The second kappa shape index (κ2) is 12.7. The van der Waals surface area contributed by atoms with Crippen molar-refractivity contribution in [2.45, 2.75) is 51.7 Å². The topological polar surface area (TPSA) is 105 Å². The van der Waals surface area contributed by atoms with Crippen LogP contribution >= 0.6 is 0 Å². The van der Waals surface area contributed by atoms with Gasteiger partial charge in [0.05, 0.1) is 13.7 Å². The average molecular weight is 527 g/mol. The van der Waals surface area contributed by atoms with E-state index in [2.05, 4.69) is 4.74 Å². The van der Waals surface area contributed by atoms with Crippen LogP contribution in [0.1, 0.15) is 39.2 Å². The molecule has 3 aromatic carbocycles. The Kier molecular flexibility index (Phi) is 9.66. The number of methoxy groups -OCH3 is 1. The first-order valence-electron chi connectivity index (χ1n) is 12.0. The van der Waals surface area contributed by atoms with E-state index >= 15 is 0 Å². The van der Waals surface area contributed by atoms with Gasteiger partial charge in [-0.2, -0.15) is 0 Å². The van der Waals surface area contributed by atoms with E-state index in [-0.39, 0.29) is 18.8 Å². The quantitative estimate of drug-likeness (QED) is 0.202. The smallest absolute Gasteiger partial charge is 0.330 e. The van der Waals surface area contributed by atoms with Crippen LogP contribution in [-0.2, 0) is 36.8 Å². The average Bonchev–Trinajstić information content (AvgIpc) is 2.85. The monoisotopic (exact) mass is 526 g/mol. The lowest BCUT2D eigenvalue weighted by Crippen LogP contribution is -2.47. The van der Waals surface area contributed by atoms with Crippen LogP contribution < -0.4 is 9.04 Å². The van der Waals surface area contributed by atoms with Crippen LogP contribution in [0.5, 0.6) is 5.75 Å². The highest BCUT2D eigenvalue weighted by atomic mass is 32.2. The van der Waals surface area contributed by atoms with Gasteiger partial charge in [-0.15, -0.1) is 0 Å². The molecule has 0 aliphatic heterocycles. The Bertz CT molecular complexity index is 1240. The van der Waals surface area contributed by atoms with Gasteiger partial charge in [0.2, 0.25) is 0 Å². The maximum atomic E-state index is 13.3. The first-order chi connectivity index (χ1) is 17.6. The van der Waals surface area contributed by atoms with E-state index in [1.54, 1.807) is 57.2 Å². The normalized spacial score (nSPS) is 13.0. The number of carbonyl (C=O) groups is 2. The Morgan fingerprint density at radius 2 is 1.68 bits per heavy atom. The highest BCUT2D eigenvalue weighted by molar-refractivity contribution is 7.80. The molecule has 9 heteroatoms. The van der Waals surface area contributed by atoms with Crippen molar-refractivity contribution >= 4 is 39.7 Å². The lowest BCUT2D eigenvalue weighted by Gasteiger charge is -2.35. The Hall–Kier alpha value is -3.43. The number of ether oxygens (including phenoxy) is 3. The molecule has 0 amide bonds. The standard InChI is InChI=1S/C28H33NO7S/c1-28(2,3)36-27(31)25(18-20-11-15-24(16-12-20)35-17-7-10-26(30)34-4)29(37(32)33)23-14-13-21-8-5-6-9-22(21)19-23/h5-6,8-9,11-16,19,25H,7,10,17-18H2,1-4H3,(H,32,33)/p-1. The van der Waals surface area contributed by atoms with Gasteiger partial charge in [-0.05, 0) is 67.8 Å². The van der Waals surface area contributed by atoms with Gasteiger partial charge in [0, 0.05) is 29.8 Å². The van der Waals surface area contributed by atoms with Gasteiger partial charge in [-0.1, -0.05) is 42.5 Å². The van der Waals surface area contributed by atoms with E-state index in [0.717, 1.165) is 20.6 Å². The summed E-state index contributed by atoms with van der Waals surface area (Å²) in [6.07, 6.45) is 0.882. The fourth-order valence-corrected chi connectivity index (χ4v) is 4.42. The molecule has 2 unspecified atom stereocenters. The number of hydrogen-bond acceptors (Lipinski definition) is 7. The molecule has 0 N–H and O–H groups in total. The van der Waals surface area contributed by atoms with Gasteiger partial charge >= 0.3 is 11.9 Å². The number of fused-ring (bicyclic) bond motifs is 1. The van der Waals surface area contributed by atoms with Crippen LogP contribution in [0.15, 0.2) is 66.7 Å². The Morgan fingerprint density at radius 1 is 1.00 bits per heavy atom. The van der Waals surface area contributed by atoms with Crippen LogP contribution in [0, 0.1) is 0 Å². The largest absolute Gasteiger partial charge is 0.755 e. The van der Waals surface area contributed by atoms with Crippen LogP contribution in [0.4, 0.5) is 5.69 Å². The second-order valence-corrected chi connectivity index (χ2v) is 10.3. The van der Waals surface area contributed by atoms with Gasteiger partial charge in [-0.3, -0.25) is 13.3 Å². The molecule has 2 atom stereocenters. The Labute approximate surface area is 219 Å². The van der Waals surface area contributed by atoms with Gasteiger partial charge in [0.1, 0.15) is 17.4 Å². The van der Waals surface area contributed by atoms with Crippen LogP contribution in [0.25, 0.3) is 10.8 Å². The minimum Gasteiger partial charge on any atom is -0.755 e. The summed E-state index contributed by atoms with van der Waals surface area (Å²) < 4.78 is 41.9. The van der Waals surface area contributed by atoms with Gasteiger partial charge < -0.3 is 18.8 Å². The Morgan fingerprint density at radius 3 is 2.30 bits per heavy atom. The van der Waals surface area contributed by atoms with Crippen LogP contribution in [0.2, 0.25) is 0 Å². The summed E-state index contributed by atoms with van der Waals surface area (Å²) in [4.78, 5) is 24.5. The zero-order valence-electron chi connectivity index (χ0n) is 21.5. The molecule has 0 aliphatic carbocycles. The molecule has 0 fully saturated rings. The zero-order valence-corrected chi connectivity index (χ0v) is 22.3. The summed E-state index contributed by atoms with van der Waals surface area (Å²) in [5.74, 6) is -0.340. The summed E-state index contributed by atoms with van der Waals surface area (Å²) in [5, 5.41) is 1.81. The third-order valence-electron chi connectivity index (χ3n) is 5.48. The molecule has 0 radical (unpaired) electrons. The third-order valence-corrected chi connectivity index (χ3v) is 6.27. The van der Waals surface area contributed by atoms with E-state index in [1.807, 2.05) is 30.3 Å². The SMILES string of the molecule is COC(=O)CCCOc1ccc(CC(C(=O)OC(C)(C)C)N(c2ccc3ccccc3c2)S(=O)[O-])cc1. The fourth-order valence-electron chi connectivity index (χ4n) is 3.77. The molecule has 0 saturated carbocycles. The number of nitrogens with zero attached hydrogens (tertiary/aromatic N) is 1. The molecular formula is C28H32NO7S-. The summed E-state index contributed by atoms with van der Waals surface area (Å²) in [6, 6.07) is 18.8. The van der Waals surface area contributed by atoms with Crippen LogP contribution in [-0.4, -0.2) is 46.1 Å². The molecule has 0 aliphatic rings. The molecule has 0 heterocycles. The number of esters is 2. The first kappa shape index (κ1) is 28.1. The number of hydrogen-bond donors (Lipinski definition) is 0. The molecule has 8 nitrogen and oxygen atoms in total. The van der Waals surface area contributed by atoms with Crippen molar-refractivity contribution in [1.82, 2.24) is 0 Å². The Balaban J connectivity index is 1.84. The van der Waals surface area contributed by atoms with Crippen molar-refractivity contribution < 1.29 is 32.6 Å². The van der Waals surface area contributed by atoms with Crippen molar-refractivity contribution in [3.63, 3.8) is 0 Å². The van der Waals surface area contributed by atoms with E-state index in [1.165, 1.54) is 7.11 Å². The molecule has 0 bridgehead atoms. The fraction of sp³-hybridized carbons (Fsp3) is 0.357. The van der Waals surface area contributed by atoms with E-state index in [4.69, 9.17) is 9.47 Å². The maximum Gasteiger partial charge on any atom is 0.330 e. The minimum atomic E-state index is -2.74. The van der Waals surface area contributed by atoms with Crippen molar-refractivity contribution in [2.75, 3.05) is 18.0 Å². The zero-order chi connectivity index (χ0) is 27.0. The highest BCUT2D eigenvalue weighted by Gasteiger charge is 2.32. The van der Waals surface area contributed by atoms with E-state index in [0.29, 0.717) is 24.5 Å². The summed E-state index contributed by atoms with van der Waals surface area (Å²) in [6.45, 7) is 5.56. The predicted molar refractivity (Wildman–Crippen MR) is 142 cm³/mol. The summed E-state index contributed by atoms with van der Waals surface area (Å²) in [5.41, 5.74) is 0.305. The number of rotatable bonds is 11. The van der Waals surface area contributed by atoms with Crippen molar-refractivity contribution in [2.24, 2.45) is 0 Å². The van der Waals surface area contributed by atoms with Crippen molar-refractivity contribution in [1.29, 1.82) is 0 Å². The van der Waals surface area contributed by atoms with E-state index in [9.17, 15) is 18.4 Å². The molecule has 0 saturated heterocycles. The van der Waals surface area contributed by atoms with Gasteiger partial charge in [-0.25, -0.2) is 4.79 Å². The van der Waals surface area contributed by atoms with Crippen molar-refractivity contribution in [3.8, 4) is 5.75 Å². The number of carbonyl (C=O) groups excluding carboxylic acids is 2. The second-order valence-electron chi connectivity index (χ2n) is 9.50. The molecule has 3 aromatic rings. The lowest BCUT2D eigenvalue weighted by atomic mass is 10.0. The van der Waals surface area contributed by atoms with Crippen LogP contribution in [0.3, 0.4) is 0 Å². The molecule has 3 rings (SSSR count). The molecule has 198 valence electrons. The molecule has 0 spiro atoms. The molecular weight excluding hydrogens is 494 g/mol. The predicted octanol–water partition coefficient (Wildman–Crippen LogP) is 4.73. The third kappa shape index (κ3) is 8.30. The van der Waals surface area contributed by atoms with Gasteiger partial charge in [0.25, 0.3) is 0 Å². The number of benzene rings is 3. The summed E-state index contributed by atoms with van der Waals surface area (Å²) >= 11 is -2.74. The highest BCUT2D eigenvalue weighted by Crippen LogP contribution is 2.28. The van der Waals surface area contributed by atoms with Gasteiger partial charge in [0.15, 0.2) is 0 Å². The van der Waals surface area contributed by atoms with E-state index < -0.39 is 28.9 Å². The minimum absolute atomic E-state index is 0.0956. The van der Waals surface area contributed by atoms with Crippen molar-refractivity contribution in [3.05, 3.63) is 72.3 Å².